The zero-order valence-electron chi connectivity index (χ0n) is 8.62. The number of carbonyl (C=O) groups excluding carboxylic acids is 1. The van der Waals surface area contributed by atoms with Crippen LogP contribution in [-0.2, 0) is 6.54 Å². The van der Waals surface area contributed by atoms with Gasteiger partial charge in [-0.2, -0.15) is 5.10 Å². The van der Waals surface area contributed by atoms with Gasteiger partial charge in [-0.15, -0.1) is 0 Å². The largest absolute Gasteiger partial charge is 0.477 e. The molecule has 15 heavy (non-hydrogen) atoms. The summed E-state index contributed by atoms with van der Waals surface area (Å²) < 4.78 is 7.95. The van der Waals surface area contributed by atoms with Gasteiger partial charge in [-0.25, -0.2) is 4.68 Å². The third-order valence-corrected chi connectivity index (χ3v) is 3.02. The Morgan fingerprint density at radius 1 is 1.60 bits per heavy atom. The van der Waals surface area contributed by atoms with Crippen LogP contribution in [0.2, 0.25) is 0 Å². The Morgan fingerprint density at radius 3 is 3.13 bits per heavy atom. The molecule has 0 fully saturated rings. The van der Waals surface area contributed by atoms with Gasteiger partial charge in [0.15, 0.2) is 5.78 Å². The van der Waals surface area contributed by atoms with Crippen LogP contribution in [0.3, 0.4) is 0 Å². The Morgan fingerprint density at radius 2 is 2.40 bits per heavy atom. The Hall–Kier alpha value is -0.840. The van der Waals surface area contributed by atoms with E-state index in [0.29, 0.717) is 29.1 Å². The molecule has 0 spiro atoms. The molecule has 1 aliphatic rings. The minimum Gasteiger partial charge on any atom is -0.477 e. The van der Waals surface area contributed by atoms with Gasteiger partial charge >= 0.3 is 0 Å². The smallest absolute Gasteiger partial charge is 0.224 e. The number of ketones is 1. The summed E-state index contributed by atoms with van der Waals surface area (Å²) in [5.41, 5.74) is 0.597. The maximum absolute atomic E-state index is 11.7. The fourth-order valence-electron chi connectivity index (χ4n) is 1.66. The van der Waals surface area contributed by atoms with Crippen LogP contribution in [-0.4, -0.2) is 22.2 Å². The van der Waals surface area contributed by atoms with E-state index < -0.39 is 0 Å². The average Bonchev–Trinajstić information content (AvgIpc) is 2.40. The summed E-state index contributed by atoms with van der Waals surface area (Å²) in [5, 5.41) is 4.27. The molecule has 0 radical (unpaired) electrons. The Kier molecular flexibility index (Phi) is 3.09. The predicted octanol–water partition coefficient (Wildman–Crippen LogP) is 2.41. The quantitative estimate of drug-likeness (QED) is 0.777. The number of hydrogen-bond acceptors (Lipinski definition) is 3. The van der Waals surface area contributed by atoms with Gasteiger partial charge in [-0.05, 0) is 28.8 Å². The van der Waals surface area contributed by atoms with Crippen molar-refractivity contribution in [3.8, 4) is 5.88 Å². The second-order valence-electron chi connectivity index (χ2n) is 3.53. The lowest BCUT2D eigenvalue weighted by molar-refractivity contribution is 0.0983. The molecular weight excluding hydrogens is 260 g/mol. The normalized spacial score (nSPS) is 15.3. The molecule has 1 aromatic rings. The summed E-state index contributed by atoms with van der Waals surface area (Å²) >= 11 is 3.31. The van der Waals surface area contributed by atoms with Gasteiger partial charge in [0.05, 0.1) is 6.61 Å². The molecule has 0 N–H and O–H groups in total. The van der Waals surface area contributed by atoms with Crippen LogP contribution in [0.15, 0.2) is 4.60 Å². The van der Waals surface area contributed by atoms with E-state index in [9.17, 15) is 4.79 Å². The lowest BCUT2D eigenvalue weighted by atomic mass is 10.2. The highest BCUT2D eigenvalue weighted by Gasteiger charge is 2.23. The first-order valence-electron chi connectivity index (χ1n) is 5.16. The number of Topliss-reactive ketones (excluding diaryl/α,β-unsaturated/α-hetero) is 1. The number of ether oxygens (including phenoxy) is 1. The van der Waals surface area contributed by atoms with E-state index in [4.69, 9.17) is 4.74 Å². The second-order valence-corrected chi connectivity index (χ2v) is 4.28. The van der Waals surface area contributed by atoms with Crippen LogP contribution >= 0.6 is 15.9 Å². The van der Waals surface area contributed by atoms with Crippen molar-refractivity contribution >= 4 is 21.7 Å². The molecule has 0 aliphatic carbocycles. The van der Waals surface area contributed by atoms with Crippen LogP contribution in [0.1, 0.15) is 36.5 Å². The Labute approximate surface area is 96.7 Å². The Bertz CT molecular complexity index is 387. The molecule has 2 heterocycles. The number of carbonyl (C=O) groups is 1. The highest BCUT2D eigenvalue weighted by atomic mass is 79.9. The molecule has 0 aromatic carbocycles. The maximum Gasteiger partial charge on any atom is 0.224 e. The minimum atomic E-state index is 0.0741. The summed E-state index contributed by atoms with van der Waals surface area (Å²) in [7, 11) is 0. The third kappa shape index (κ3) is 1.93. The van der Waals surface area contributed by atoms with E-state index in [1.165, 1.54) is 0 Å². The highest BCUT2D eigenvalue weighted by Crippen LogP contribution is 2.29. The average molecular weight is 273 g/mol. The van der Waals surface area contributed by atoms with E-state index >= 15 is 0 Å². The molecule has 0 amide bonds. The highest BCUT2D eigenvalue weighted by molar-refractivity contribution is 9.10. The van der Waals surface area contributed by atoms with E-state index in [0.717, 1.165) is 19.4 Å². The summed E-state index contributed by atoms with van der Waals surface area (Å²) in [4.78, 5) is 11.7. The number of rotatable bonds is 2. The van der Waals surface area contributed by atoms with E-state index in [2.05, 4.69) is 21.0 Å². The summed E-state index contributed by atoms with van der Waals surface area (Å²) in [5.74, 6) is 0.705. The van der Waals surface area contributed by atoms with E-state index in [-0.39, 0.29) is 5.78 Å². The Balaban J connectivity index is 2.44. The van der Waals surface area contributed by atoms with Crippen molar-refractivity contribution in [2.75, 3.05) is 6.61 Å². The predicted molar refractivity (Wildman–Crippen MR) is 59.3 cm³/mol. The molecule has 82 valence electrons. The molecular formula is C10H13BrN2O2. The van der Waals surface area contributed by atoms with Gasteiger partial charge in [0.1, 0.15) is 10.2 Å². The zero-order valence-corrected chi connectivity index (χ0v) is 10.2. The van der Waals surface area contributed by atoms with E-state index in [1.54, 1.807) is 4.68 Å². The van der Waals surface area contributed by atoms with Crippen LogP contribution < -0.4 is 4.74 Å². The number of aryl methyl sites for hydroxylation is 1. The summed E-state index contributed by atoms with van der Waals surface area (Å²) in [6.45, 7) is 3.34. The molecule has 1 aliphatic heterocycles. The molecule has 0 atom stereocenters. The van der Waals surface area contributed by atoms with Crippen molar-refractivity contribution < 1.29 is 9.53 Å². The molecule has 1 aromatic heterocycles. The van der Waals surface area contributed by atoms with Gasteiger partial charge < -0.3 is 4.74 Å². The minimum absolute atomic E-state index is 0.0741. The molecule has 5 heteroatoms. The fourth-order valence-corrected chi connectivity index (χ4v) is 2.24. The molecule has 0 unspecified atom stereocenters. The SMILES string of the molecule is CCC(=O)c1c(Br)nn2c1OCCCC2. The van der Waals surface area contributed by atoms with Gasteiger partial charge in [0.25, 0.3) is 0 Å². The number of fused-ring (bicyclic) bond motifs is 1. The van der Waals surface area contributed by atoms with Crippen LogP contribution in [0.5, 0.6) is 5.88 Å². The van der Waals surface area contributed by atoms with Gasteiger partial charge in [0.2, 0.25) is 5.88 Å². The molecule has 0 saturated heterocycles. The van der Waals surface area contributed by atoms with Crippen molar-refractivity contribution in [2.24, 2.45) is 0 Å². The van der Waals surface area contributed by atoms with E-state index in [1.807, 2.05) is 6.92 Å². The standard InChI is InChI=1S/C10H13BrN2O2/c1-2-7(14)8-9(11)12-13-5-3-4-6-15-10(8)13/h2-6H2,1H3. The summed E-state index contributed by atoms with van der Waals surface area (Å²) in [6.07, 6.45) is 2.53. The molecule has 0 saturated carbocycles. The lowest BCUT2D eigenvalue weighted by Gasteiger charge is -2.04. The topological polar surface area (TPSA) is 44.1 Å². The van der Waals surface area contributed by atoms with Crippen LogP contribution in [0.4, 0.5) is 0 Å². The molecule has 4 nitrogen and oxygen atoms in total. The number of hydrogen-bond donors (Lipinski definition) is 0. The number of nitrogens with zero attached hydrogens (tertiary/aromatic N) is 2. The third-order valence-electron chi connectivity index (χ3n) is 2.47. The zero-order chi connectivity index (χ0) is 10.8. The first kappa shape index (κ1) is 10.7. The second kappa shape index (κ2) is 4.35. The first-order valence-corrected chi connectivity index (χ1v) is 5.95. The van der Waals surface area contributed by atoms with Crippen molar-refractivity contribution in [2.45, 2.75) is 32.7 Å². The van der Waals surface area contributed by atoms with Gasteiger partial charge in [-0.3, -0.25) is 4.79 Å². The summed E-state index contributed by atoms with van der Waals surface area (Å²) in [6, 6.07) is 0. The van der Waals surface area contributed by atoms with Crippen molar-refractivity contribution in [1.29, 1.82) is 0 Å². The lowest BCUT2D eigenvalue weighted by Crippen LogP contribution is -2.04. The van der Waals surface area contributed by atoms with Crippen LogP contribution in [0.25, 0.3) is 0 Å². The molecule has 2 rings (SSSR count). The number of aromatic nitrogens is 2. The molecule has 0 bridgehead atoms. The van der Waals surface area contributed by atoms with Crippen molar-refractivity contribution in [3.05, 3.63) is 10.2 Å². The van der Waals surface area contributed by atoms with Crippen molar-refractivity contribution in [1.82, 2.24) is 9.78 Å². The first-order chi connectivity index (χ1) is 7.24. The van der Waals surface area contributed by atoms with Crippen molar-refractivity contribution in [3.63, 3.8) is 0 Å². The van der Waals surface area contributed by atoms with Gasteiger partial charge in [0, 0.05) is 13.0 Å². The maximum atomic E-state index is 11.7. The fraction of sp³-hybridized carbons (Fsp3) is 0.600. The van der Waals surface area contributed by atoms with Crippen LogP contribution in [0, 0.1) is 0 Å². The monoisotopic (exact) mass is 272 g/mol. The van der Waals surface area contributed by atoms with Gasteiger partial charge in [-0.1, -0.05) is 6.92 Å². The number of halogens is 1.